The van der Waals surface area contributed by atoms with Crippen molar-refractivity contribution in [2.75, 3.05) is 19.0 Å². The normalized spacial score (nSPS) is 25.0. The summed E-state index contributed by atoms with van der Waals surface area (Å²) in [6, 6.07) is -0.0966. The minimum absolute atomic E-state index is 0.0966. The molecule has 0 aromatic carbocycles. The summed E-state index contributed by atoms with van der Waals surface area (Å²) < 4.78 is 41.8. The summed E-state index contributed by atoms with van der Waals surface area (Å²) in [5.41, 5.74) is 4.03. The molecule has 0 aromatic rings. The number of nitrogens with zero attached hydrogens (tertiary/aromatic N) is 1. The van der Waals surface area contributed by atoms with Crippen LogP contribution in [-0.2, 0) is 33.7 Å². The van der Waals surface area contributed by atoms with E-state index in [1.54, 1.807) is 20.8 Å². The third-order valence-corrected chi connectivity index (χ3v) is 7.15. The SMILES string of the molecule is CCOP(=O)(OCC)OC1=C2CCC[C@@H]2NN(C(C)=O)C1S(=O)CC. The molecule has 1 fully saturated rings. The summed E-state index contributed by atoms with van der Waals surface area (Å²) in [5, 5.41) is 0.484. The van der Waals surface area contributed by atoms with E-state index in [0.717, 1.165) is 24.8 Å². The maximum absolute atomic E-state index is 12.9. The minimum atomic E-state index is -3.84. The van der Waals surface area contributed by atoms with Crippen LogP contribution >= 0.6 is 7.82 Å². The van der Waals surface area contributed by atoms with Crippen LogP contribution in [0, 0.1) is 0 Å². The lowest BCUT2D eigenvalue weighted by Crippen LogP contribution is -2.58. The fraction of sp³-hybridized carbons (Fsp3) is 0.800. The Hall–Kier alpha value is -0.730. The zero-order valence-electron chi connectivity index (χ0n) is 15.1. The van der Waals surface area contributed by atoms with Crippen molar-refractivity contribution in [1.82, 2.24) is 10.4 Å². The van der Waals surface area contributed by atoms with Gasteiger partial charge >= 0.3 is 7.82 Å². The van der Waals surface area contributed by atoms with Gasteiger partial charge in [0.15, 0.2) is 5.37 Å². The highest BCUT2D eigenvalue weighted by Gasteiger charge is 2.45. The summed E-state index contributed by atoms with van der Waals surface area (Å²) in [4.78, 5) is 12.1. The highest BCUT2D eigenvalue weighted by atomic mass is 32.2. The molecule has 0 spiro atoms. The van der Waals surface area contributed by atoms with Crippen LogP contribution in [0.3, 0.4) is 0 Å². The van der Waals surface area contributed by atoms with E-state index < -0.39 is 24.0 Å². The molecule has 2 rings (SSSR count). The quantitative estimate of drug-likeness (QED) is 0.632. The second kappa shape index (κ2) is 8.77. The number of hydrogen-bond acceptors (Lipinski definition) is 7. The molecule has 3 atom stereocenters. The van der Waals surface area contributed by atoms with Crippen LogP contribution in [0.25, 0.3) is 0 Å². The second-order valence-corrected chi connectivity index (χ2v) is 9.13. The molecular formula is C15H27N2O6PS. The first-order valence-electron chi connectivity index (χ1n) is 8.61. The largest absolute Gasteiger partial charge is 0.529 e. The van der Waals surface area contributed by atoms with Gasteiger partial charge in [0.25, 0.3) is 0 Å². The lowest BCUT2D eigenvalue weighted by Gasteiger charge is -2.40. The first kappa shape index (κ1) is 20.6. The molecule has 10 heteroatoms. The zero-order chi connectivity index (χ0) is 18.6. The zero-order valence-corrected chi connectivity index (χ0v) is 16.9. The number of rotatable bonds is 8. The van der Waals surface area contributed by atoms with Crippen LogP contribution in [0.5, 0.6) is 0 Å². The smallest absolute Gasteiger partial charge is 0.405 e. The fourth-order valence-corrected chi connectivity index (χ4v) is 5.62. The van der Waals surface area contributed by atoms with Crippen LogP contribution in [0.4, 0.5) is 0 Å². The molecule has 8 nitrogen and oxygen atoms in total. The Bertz CT molecular complexity index is 601. The van der Waals surface area contributed by atoms with E-state index in [-0.39, 0.29) is 25.2 Å². The van der Waals surface area contributed by atoms with Crippen molar-refractivity contribution < 1.29 is 27.1 Å². The highest BCUT2D eigenvalue weighted by molar-refractivity contribution is 7.85. The van der Waals surface area contributed by atoms with Crippen molar-refractivity contribution in [3.63, 3.8) is 0 Å². The first-order chi connectivity index (χ1) is 11.9. The number of amides is 1. The topological polar surface area (TPSA) is 94.2 Å². The van der Waals surface area contributed by atoms with Crippen molar-refractivity contribution in [1.29, 1.82) is 0 Å². The molecule has 2 unspecified atom stereocenters. The maximum Gasteiger partial charge on any atom is 0.529 e. The summed E-state index contributed by atoms with van der Waals surface area (Å²) in [6.45, 7) is 6.85. The Balaban J connectivity index is 2.48. The van der Waals surface area contributed by atoms with E-state index >= 15 is 0 Å². The van der Waals surface area contributed by atoms with Gasteiger partial charge in [-0.05, 0) is 38.7 Å². The number of carbonyl (C=O) groups excluding carboxylic acids is 1. The molecule has 1 heterocycles. The molecular weight excluding hydrogens is 367 g/mol. The van der Waals surface area contributed by atoms with Gasteiger partial charge < -0.3 is 4.52 Å². The van der Waals surface area contributed by atoms with E-state index in [1.807, 2.05) is 0 Å². The fourth-order valence-electron chi connectivity index (χ4n) is 3.08. The Morgan fingerprint density at radius 2 is 1.96 bits per heavy atom. The molecule has 2 aliphatic rings. The summed E-state index contributed by atoms with van der Waals surface area (Å²) in [7, 11) is -5.26. The number of phosphoric ester groups is 1. The Kier molecular flexibility index (Phi) is 7.22. The van der Waals surface area contributed by atoms with Crippen molar-refractivity contribution in [3.8, 4) is 0 Å². The van der Waals surface area contributed by atoms with Crippen LogP contribution in [-0.4, -0.2) is 45.5 Å². The standard InChI is InChI=1S/C15H27N2O6PS/c1-5-21-24(19,22-6-2)23-14-12-9-8-10-13(12)16-17(11(4)18)15(14)25(20)7-3/h13,15-16H,5-10H2,1-4H3/t13-,15?,25?/m0/s1. The van der Waals surface area contributed by atoms with Crippen LogP contribution < -0.4 is 5.43 Å². The predicted octanol–water partition coefficient (Wildman–Crippen LogP) is 2.45. The lowest BCUT2D eigenvalue weighted by molar-refractivity contribution is -0.134. The molecule has 0 bridgehead atoms. The van der Waals surface area contributed by atoms with Crippen molar-refractivity contribution in [2.24, 2.45) is 0 Å². The van der Waals surface area contributed by atoms with Crippen molar-refractivity contribution in [2.45, 2.75) is 58.4 Å². The number of fused-ring (bicyclic) bond motifs is 1. The monoisotopic (exact) mass is 394 g/mol. The van der Waals surface area contributed by atoms with E-state index in [1.165, 1.54) is 11.9 Å². The molecule has 1 N–H and O–H groups in total. The highest BCUT2D eigenvalue weighted by Crippen LogP contribution is 2.54. The summed E-state index contributed by atoms with van der Waals surface area (Å²) >= 11 is 0. The molecule has 25 heavy (non-hydrogen) atoms. The third kappa shape index (κ3) is 4.52. The van der Waals surface area contributed by atoms with Gasteiger partial charge in [-0.15, -0.1) is 0 Å². The van der Waals surface area contributed by atoms with Crippen LogP contribution in [0.15, 0.2) is 11.3 Å². The molecule has 1 saturated carbocycles. The van der Waals surface area contributed by atoms with Gasteiger partial charge in [-0.3, -0.25) is 23.1 Å². The van der Waals surface area contributed by atoms with E-state index in [2.05, 4.69) is 5.43 Å². The average Bonchev–Trinajstić information content (AvgIpc) is 3.02. The summed E-state index contributed by atoms with van der Waals surface area (Å²) in [6.07, 6.45) is 2.46. The Labute approximate surface area is 151 Å². The van der Waals surface area contributed by atoms with Gasteiger partial charge in [0, 0.05) is 12.7 Å². The lowest BCUT2D eigenvalue weighted by atomic mass is 10.1. The van der Waals surface area contributed by atoms with Crippen molar-refractivity contribution in [3.05, 3.63) is 11.3 Å². The van der Waals surface area contributed by atoms with Gasteiger partial charge in [0.2, 0.25) is 5.91 Å². The molecule has 1 aliphatic heterocycles. The average molecular weight is 394 g/mol. The number of hydrazine groups is 1. The molecule has 1 aliphatic carbocycles. The Morgan fingerprint density at radius 3 is 2.48 bits per heavy atom. The van der Waals surface area contributed by atoms with E-state index in [4.69, 9.17) is 13.6 Å². The first-order valence-corrected chi connectivity index (χ1v) is 11.5. The predicted molar refractivity (Wildman–Crippen MR) is 94.7 cm³/mol. The van der Waals surface area contributed by atoms with Gasteiger partial charge in [-0.25, -0.2) is 9.99 Å². The van der Waals surface area contributed by atoms with Crippen LogP contribution in [0.1, 0.15) is 47.0 Å². The molecule has 144 valence electrons. The van der Waals surface area contributed by atoms with E-state index in [0.29, 0.717) is 11.5 Å². The van der Waals surface area contributed by atoms with E-state index in [9.17, 15) is 13.6 Å². The number of hydrogen-bond donors (Lipinski definition) is 1. The number of carbonyl (C=O) groups is 1. The number of phosphoric acid groups is 1. The maximum atomic E-state index is 12.9. The Morgan fingerprint density at radius 1 is 1.32 bits per heavy atom. The second-order valence-electron chi connectivity index (χ2n) is 5.75. The molecule has 0 aromatic heterocycles. The molecule has 0 saturated heterocycles. The van der Waals surface area contributed by atoms with Gasteiger partial charge in [0.1, 0.15) is 5.76 Å². The third-order valence-electron chi connectivity index (χ3n) is 4.09. The van der Waals surface area contributed by atoms with Gasteiger partial charge in [0.05, 0.1) is 30.1 Å². The molecule has 1 amide bonds. The van der Waals surface area contributed by atoms with Gasteiger partial charge in [-0.1, -0.05) is 6.92 Å². The van der Waals surface area contributed by atoms with Crippen molar-refractivity contribution >= 4 is 24.5 Å². The number of nitrogens with one attached hydrogen (secondary N) is 1. The van der Waals surface area contributed by atoms with Gasteiger partial charge in [-0.2, -0.15) is 0 Å². The summed E-state index contributed by atoms with van der Waals surface area (Å²) in [5.74, 6) is 0.345. The minimum Gasteiger partial charge on any atom is -0.405 e. The molecule has 0 radical (unpaired) electrons. The van der Waals surface area contributed by atoms with Crippen LogP contribution in [0.2, 0.25) is 0 Å².